The molecular formula is C28H23Cl2N3O6. The first-order valence-electron chi connectivity index (χ1n) is 11.6. The predicted octanol–water partition coefficient (Wildman–Crippen LogP) is 5.03. The monoisotopic (exact) mass is 567 g/mol. The fourth-order valence-corrected chi connectivity index (χ4v) is 4.19. The van der Waals surface area contributed by atoms with Gasteiger partial charge in [-0.25, -0.2) is 4.79 Å². The van der Waals surface area contributed by atoms with Gasteiger partial charge in [-0.3, -0.25) is 19.3 Å². The van der Waals surface area contributed by atoms with E-state index in [2.05, 4.69) is 10.6 Å². The second-order valence-electron chi connectivity index (χ2n) is 8.56. The van der Waals surface area contributed by atoms with Crippen LogP contribution in [0.1, 0.15) is 24.0 Å². The molecule has 11 heteroatoms. The molecule has 2 aromatic carbocycles. The van der Waals surface area contributed by atoms with Gasteiger partial charge in [0.25, 0.3) is 5.91 Å². The lowest BCUT2D eigenvalue weighted by molar-refractivity contribution is -0.136. The first-order chi connectivity index (χ1) is 18.6. The lowest BCUT2D eigenvalue weighted by atomic mass is 10.1. The Balaban J connectivity index is 1.50. The van der Waals surface area contributed by atoms with Crippen LogP contribution in [0.25, 0.3) is 6.08 Å². The van der Waals surface area contributed by atoms with Crippen molar-refractivity contribution in [2.24, 2.45) is 0 Å². The molecule has 2 heterocycles. The van der Waals surface area contributed by atoms with Crippen LogP contribution in [0.15, 0.2) is 75.9 Å². The quantitative estimate of drug-likeness (QED) is 0.245. The third kappa shape index (κ3) is 6.05. The fraction of sp³-hybridized carbons (Fsp3) is 0.143. The minimum absolute atomic E-state index is 0.0489. The molecule has 0 saturated carbocycles. The zero-order chi connectivity index (χ0) is 28.3. The highest BCUT2D eigenvalue weighted by atomic mass is 35.5. The van der Waals surface area contributed by atoms with Crippen LogP contribution < -0.4 is 15.5 Å². The van der Waals surface area contributed by atoms with E-state index in [1.165, 1.54) is 24.2 Å². The number of carbonyl (C=O) groups is 4. The molecule has 0 saturated heterocycles. The van der Waals surface area contributed by atoms with Gasteiger partial charge in [0.05, 0.1) is 40.5 Å². The number of hydrogen-bond acceptors (Lipinski definition) is 6. The molecule has 1 aliphatic rings. The van der Waals surface area contributed by atoms with Crippen LogP contribution in [0.3, 0.4) is 0 Å². The summed E-state index contributed by atoms with van der Waals surface area (Å²) in [5.41, 5.74) is 2.39. The number of ether oxygens (including phenoxy) is 1. The normalized spacial score (nSPS) is 14.1. The van der Waals surface area contributed by atoms with E-state index < -0.39 is 23.7 Å². The number of esters is 1. The molecule has 1 aliphatic heterocycles. The van der Waals surface area contributed by atoms with Gasteiger partial charge in [0.15, 0.2) is 0 Å². The van der Waals surface area contributed by atoms with Gasteiger partial charge in [-0.05, 0) is 62.4 Å². The molecule has 0 unspecified atom stereocenters. The topological polar surface area (TPSA) is 118 Å². The van der Waals surface area contributed by atoms with E-state index in [1.54, 1.807) is 43.3 Å². The maximum absolute atomic E-state index is 13.4. The summed E-state index contributed by atoms with van der Waals surface area (Å²) in [6.07, 6.45) is 1.41. The molecule has 3 amide bonds. The van der Waals surface area contributed by atoms with Gasteiger partial charge in [0.2, 0.25) is 0 Å². The summed E-state index contributed by atoms with van der Waals surface area (Å²) in [6.45, 7) is 3.44. The Morgan fingerprint density at radius 1 is 0.974 bits per heavy atom. The largest absolute Gasteiger partial charge is 0.465 e. The standard InChI is InChI=1S/C28H23Cl2N3O6/c1-15-4-6-17(7-5-15)32-26(35)25(34)31-14-20-10-9-19(39-20)13-21-24(28(37)38-3)16(2)33(27(21)36)18-8-11-22(29)23(30)12-18/h4-13H,14H2,1-3H3,(H,31,34)(H,32,35)/b21-13+. The number of amides is 3. The summed E-state index contributed by atoms with van der Waals surface area (Å²) in [6, 6.07) is 14.8. The van der Waals surface area contributed by atoms with Gasteiger partial charge in [-0.2, -0.15) is 0 Å². The smallest absolute Gasteiger partial charge is 0.340 e. The van der Waals surface area contributed by atoms with Crippen molar-refractivity contribution >= 4 is 64.3 Å². The molecule has 39 heavy (non-hydrogen) atoms. The number of furan rings is 1. The number of nitrogens with zero attached hydrogens (tertiary/aromatic N) is 1. The van der Waals surface area contributed by atoms with E-state index in [0.29, 0.717) is 27.9 Å². The number of aryl methyl sites for hydroxylation is 1. The van der Waals surface area contributed by atoms with E-state index in [0.717, 1.165) is 5.56 Å². The highest BCUT2D eigenvalue weighted by Crippen LogP contribution is 2.37. The molecule has 0 atom stereocenters. The average Bonchev–Trinajstić information content (AvgIpc) is 3.46. The number of rotatable bonds is 6. The highest BCUT2D eigenvalue weighted by Gasteiger charge is 2.38. The second-order valence-corrected chi connectivity index (χ2v) is 9.37. The molecule has 1 aromatic heterocycles. The number of anilines is 2. The number of nitrogens with one attached hydrogen (secondary N) is 2. The van der Waals surface area contributed by atoms with Gasteiger partial charge < -0.3 is 19.8 Å². The number of allylic oxidation sites excluding steroid dienone is 1. The fourth-order valence-electron chi connectivity index (χ4n) is 3.90. The van der Waals surface area contributed by atoms with Gasteiger partial charge in [0, 0.05) is 11.4 Å². The van der Waals surface area contributed by atoms with Crippen LogP contribution in [0.4, 0.5) is 11.4 Å². The summed E-state index contributed by atoms with van der Waals surface area (Å²) < 4.78 is 10.6. The Hall–Kier alpha value is -4.34. The van der Waals surface area contributed by atoms with Gasteiger partial charge >= 0.3 is 17.8 Å². The lowest BCUT2D eigenvalue weighted by Crippen LogP contribution is -2.34. The van der Waals surface area contributed by atoms with E-state index >= 15 is 0 Å². The van der Waals surface area contributed by atoms with Crippen LogP contribution in [0.2, 0.25) is 10.0 Å². The number of hydrogen-bond donors (Lipinski definition) is 2. The average molecular weight is 568 g/mol. The Morgan fingerprint density at radius 2 is 1.69 bits per heavy atom. The molecule has 0 spiro atoms. The molecular weight excluding hydrogens is 545 g/mol. The van der Waals surface area contributed by atoms with Crippen LogP contribution in [-0.4, -0.2) is 30.8 Å². The summed E-state index contributed by atoms with van der Waals surface area (Å²) in [7, 11) is 1.22. The van der Waals surface area contributed by atoms with Crippen molar-refractivity contribution in [1.29, 1.82) is 0 Å². The predicted molar refractivity (Wildman–Crippen MR) is 147 cm³/mol. The highest BCUT2D eigenvalue weighted by molar-refractivity contribution is 6.42. The molecule has 0 radical (unpaired) electrons. The Labute approximate surface area is 234 Å². The molecule has 3 aromatic rings. The van der Waals surface area contributed by atoms with Crippen molar-refractivity contribution < 1.29 is 28.3 Å². The van der Waals surface area contributed by atoms with Crippen molar-refractivity contribution in [3.8, 4) is 0 Å². The molecule has 9 nitrogen and oxygen atoms in total. The summed E-state index contributed by atoms with van der Waals surface area (Å²) >= 11 is 12.1. The van der Waals surface area contributed by atoms with Crippen molar-refractivity contribution in [2.75, 3.05) is 17.3 Å². The molecule has 0 bridgehead atoms. The van der Waals surface area contributed by atoms with Crippen molar-refractivity contribution in [1.82, 2.24) is 5.32 Å². The van der Waals surface area contributed by atoms with Gasteiger partial charge in [-0.15, -0.1) is 0 Å². The molecule has 2 N–H and O–H groups in total. The van der Waals surface area contributed by atoms with E-state index in [4.69, 9.17) is 32.4 Å². The van der Waals surface area contributed by atoms with Crippen LogP contribution in [0, 0.1) is 6.92 Å². The number of methoxy groups -OCH3 is 1. The molecule has 0 fully saturated rings. The Bertz CT molecular complexity index is 1540. The first-order valence-corrected chi connectivity index (χ1v) is 12.4. The van der Waals surface area contributed by atoms with E-state index in [9.17, 15) is 19.2 Å². The zero-order valence-corrected chi connectivity index (χ0v) is 22.6. The zero-order valence-electron chi connectivity index (χ0n) is 21.1. The van der Waals surface area contributed by atoms with Gasteiger partial charge in [-0.1, -0.05) is 40.9 Å². The molecule has 200 valence electrons. The van der Waals surface area contributed by atoms with Crippen molar-refractivity contribution in [3.05, 3.63) is 98.6 Å². The second kappa shape index (κ2) is 11.6. The third-order valence-corrected chi connectivity index (χ3v) is 6.60. The lowest BCUT2D eigenvalue weighted by Gasteiger charge is -2.18. The minimum atomic E-state index is -0.846. The Kier molecular flexibility index (Phi) is 8.23. The summed E-state index contributed by atoms with van der Waals surface area (Å²) in [5.74, 6) is -2.29. The number of halogens is 2. The van der Waals surface area contributed by atoms with Crippen LogP contribution in [-0.2, 0) is 30.5 Å². The molecule has 0 aliphatic carbocycles. The SMILES string of the molecule is COC(=O)C1=C(C)N(c2ccc(Cl)c(Cl)c2)C(=O)/C1=C/c1ccc(CNC(=O)C(=O)Nc2ccc(C)cc2)o1. The maximum Gasteiger partial charge on any atom is 0.340 e. The third-order valence-electron chi connectivity index (χ3n) is 5.86. The first kappa shape index (κ1) is 27.7. The van der Waals surface area contributed by atoms with Crippen LogP contribution in [0.5, 0.6) is 0 Å². The van der Waals surface area contributed by atoms with Crippen molar-refractivity contribution in [3.63, 3.8) is 0 Å². The number of benzene rings is 2. The summed E-state index contributed by atoms with van der Waals surface area (Å²) in [4.78, 5) is 51.7. The van der Waals surface area contributed by atoms with Crippen LogP contribution >= 0.6 is 23.2 Å². The summed E-state index contributed by atoms with van der Waals surface area (Å²) in [5, 5.41) is 5.56. The molecule has 4 rings (SSSR count). The van der Waals surface area contributed by atoms with Crippen molar-refractivity contribution in [2.45, 2.75) is 20.4 Å². The minimum Gasteiger partial charge on any atom is -0.465 e. The maximum atomic E-state index is 13.4. The number of carbonyl (C=O) groups excluding carboxylic acids is 4. The van der Waals surface area contributed by atoms with E-state index in [1.807, 2.05) is 19.1 Å². The van der Waals surface area contributed by atoms with E-state index in [-0.39, 0.29) is 28.5 Å². The Morgan fingerprint density at radius 3 is 2.36 bits per heavy atom. The van der Waals surface area contributed by atoms with Gasteiger partial charge in [0.1, 0.15) is 11.5 Å².